The van der Waals surface area contributed by atoms with Crippen molar-refractivity contribution in [3.05, 3.63) is 0 Å². The molecule has 2 fully saturated rings. The van der Waals surface area contributed by atoms with Crippen molar-refractivity contribution in [2.45, 2.75) is 32.4 Å². The number of hydrogen-bond acceptors (Lipinski definition) is 4. The van der Waals surface area contributed by atoms with E-state index in [0.29, 0.717) is 12.7 Å². The van der Waals surface area contributed by atoms with Crippen molar-refractivity contribution in [2.75, 3.05) is 39.5 Å². The van der Waals surface area contributed by atoms with Crippen molar-refractivity contribution < 1.29 is 9.47 Å². The Kier molecular flexibility index (Phi) is 3.85. The SMILES string of the molecule is CCC1CN(CC2(C)COCC2N)CCO1. The van der Waals surface area contributed by atoms with Gasteiger partial charge in [0.1, 0.15) is 0 Å². The quantitative estimate of drug-likeness (QED) is 0.762. The topological polar surface area (TPSA) is 47.7 Å². The summed E-state index contributed by atoms with van der Waals surface area (Å²) in [6.07, 6.45) is 1.49. The first-order chi connectivity index (χ1) is 7.64. The molecular weight excluding hydrogens is 204 g/mol. The van der Waals surface area contributed by atoms with E-state index in [1.807, 2.05) is 0 Å². The molecule has 2 saturated heterocycles. The molecule has 4 nitrogen and oxygen atoms in total. The molecule has 94 valence electrons. The second-order valence-corrected chi connectivity index (χ2v) is 5.41. The molecule has 2 rings (SSSR count). The van der Waals surface area contributed by atoms with E-state index in [1.54, 1.807) is 0 Å². The molecule has 2 N–H and O–H groups in total. The molecule has 3 unspecified atom stereocenters. The summed E-state index contributed by atoms with van der Waals surface area (Å²) in [5, 5.41) is 0. The number of hydrogen-bond donors (Lipinski definition) is 1. The van der Waals surface area contributed by atoms with Crippen LogP contribution in [-0.4, -0.2) is 56.5 Å². The predicted molar refractivity (Wildman–Crippen MR) is 63.4 cm³/mol. The maximum atomic E-state index is 6.11. The lowest BCUT2D eigenvalue weighted by Crippen LogP contribution is -2.51. The number of morpholine rings is 1. The Morgan fingerprint density at radius 2 is 2.31 bits per heavy atom. The second kappa shape index (κ2) is 5.00. The molecule has 0 bridgehead atoms. The van der Waals surface area contributed by atoms with Gasteiger partial charge in [0.25, 0.3) is 0 Å². The van der Waals surface area contributed by atoms with E-state index in [1.165, 1.54) is 0 Å². The Bertz CT molecular complexity index is 237. The average Bonchev–Trinajstić information content (AvgIpc) is 2.59. The molecule has 0 saturated carbocycles. The van der Waals surface area contributed by atoms with Crippen LogP contribution in [0.5, 0.6) is 0 Å². The second-order valence-electron chi connectivity index (χ2n) is 5.41. The van der Waals surface area contributed by atoms with Gasteiger partial charge in [0.05, 0.1) is 25.9 Å². The van der Waals surface area contributed by atoms with Crippen LogP contribution in [-0.2, 0) is 9.47 Å². The van der Waals surface area contributed by atoms with Crippen molar-refractivity contribution in [1.29, 1.82) is 0 Å². The molecule has 3 atom stereocenters. The number of ether oxygens (including phenoxy) is 2. The summed E-state index contributed by atoms with van der Waals surface area (Å²) in [5.41, 5.74) is 6.24. The van der Waals surface area contributed by atoms with E-state index in [9.17, 15) is 0 Å². The number of rotatable bonds is 3. The van der Waals surface area contributed by atoms with Crippen LogP contribution in [0.25, 0.3) is 0 Å². The molecule has 0 aromatic heterocycles. The van der Waals surface area contributed by atoms with Gasteiger partial charge in [-0.15, -0.1) is 0 Å². The van der Waals surface area contributed by atoms with E-state index in [2.05, 4.69) is 18.7 Å². The third kappa shape index (κ3) is 2.56. The molecule has 2 heterocycles. The zero-order chi connectivity index (χ0) is 11.6. The number of nitrogens with two attached hydrogens (primary N) is 1. The Morgan fingerprint density at radius 1 is 1.50 bits per heavy atom. The highest BCUT2D eigenvalue weighted by molar-refractivity contribution is 4.93. The van der Waals surface area contributed by atoms with Crippen molar-refractivity contribution in [1.82, 2.24) is 4.90 Å². The standard InChI is InChI=1S/C12H24N2O2/c1-3-10-6-14(4-5-16-10)8-12(2)9-15-7-11(12)13/h10-11H,3-9,13H2,1-2H3. The lowest BCUT2D eigenvalue weighted by atomic mass is 9.85. The first-order valence-electron chi connectivity index (χ1n) is 6.31. The molecular formula is C12H24N2O2. The van der Waals surface area contributed by atoms with Gasteiger partial charge in [-0.25, -0.2) is 0 Å². The van der Waals surface area contributed by atoms with Crippen molar-refractivity contribution in [2.24, 2.45) is 11.1 Å². The van der Waals surface area contributed by atoms with Crippen LogP contribution in [0.4, 0.5) is 0 Å². The molecule has 2 aliphatic heterocycles. The Balaban J connectivity index is 1.88. The van der Waals surface area contributed by atoms with Gasteiger partial charge in [0.2, 0.25) is 0 Å². The predicted octanol–water partition coefficient (Wildman–Crippen LogP) is 0.461. The molecule has 0 aliphatic carbocycles. The lowest BCUT2D eigenvalue weighted by Gasteiger charge is -2.38. The molecule has 0 aromatic rings. The fourth-order valence-electron chi connectivity index (χ4n) is 2.57. The summed E-state index contributed by atoms with van der Waals surface area (Å²) >= 11 is 0. The summed E-state index contributed by atoms with van der Waals surface area (Å²) in [5.74, 6) is 0. The van der Waals surface area contributed by atoms with Gasteiger partial charge in [-0.2, -0.15) is 0 Å². The third-order valence-electron chi connectivity index (χ3n) is 3.89. The highest BCUT2D eigenvalue weighted by Crippen LogP contribution is 2.28. The fourth-order valence-corrected chi connectivity index (χ4v) is 2.57. The van der Waals surface area contributed by atoms with Gasteiger partial charge in [0, 0.05) is 31.1 Å². The van der Waals surface area contributed by atoms with E-state index < -0.39 is 0 Å². The van der Waals surface area contributed by atoms with Crippen LogP contribution in [0, 0.1) is 5.41 Å². The van der Waals surface area contributed by atoms with Gasteiger partial charge in [-0.05, 0) is 6.42 Å². The molecule has 4 heteroatoms. The number of nitrogens with zero attached hydrogens (tertiary/aromatic N) is 1. The van der Waals surface area contributed by atoms with Crippen molar-refractivity contribution >= 4 is 0 Å². The van der Waals surface area contributed by atoms with Gasteiger partial charge >= 0.3 is 0 Å². The monoisotopic (exact) mass is 228 g/mol. The van der Waals surface area contributed by atoms with Gasteiger partial charge in [0.15, 0.2) is 0 Å². The zero-order valence-electron chi connectivity index (χ0n) is 10.4. The van der Waals surface area contributed by atoms with Gasteiger partial charge in [-0.1, -0.05) is 13.8 Å². The maximum Gasteiger partial charge on any atom is 0.0700 e. The summed E-state index contributed by atoms with van der Waals surface area (Å²) in [6.45, 7) is 9.87. The van der Waals surface area contributed by atoms with Crippen LogP contribution >= 0.6 is 0 Å². The minimum Gasteiger partial charge on any atom is -0.379 e. The highest BCUT2D eigenvalue weighted by Gasteiger charge is 2.39. The summed E-state index contributed by atoms with van der Waals surface area (Å²) in [4.78, 5) is 2.48. The van der Waals surface area contributed by atoms with E-state index in [0.717, 1.165) is 39.3 Å². The maximum absolute atomic E-state index is 6.11. The molecule has 0 amide bonds. The van der Waals surface area contributed by atoms with Gasteiger partial charge in [-0.3, -0.25) is 4.90 Å². The minimum absolute atomic E-state index is 0.121. The summed E-state index contributed by atoms with van der Waals surface area (Å²) in [7, 11) is 0. The van der Waals surface area contributed by atoms with Crippen molar-refractivity contribution in [3.63, 3.8) is 0 Å². The minimum atomic E-state index is 0.121. The molecule has 0 aromatic carbocycles. The molecule has 0 spiro atoms. The Labute approximate surface area is 98.1 Å². The van der Waals surface area contributed by atoms with E-state index in [-0.39, 0.29) is 11.5 Å². The highest BCUT2D eigenvalue weighted by atomic mass is 16.5. The fraction of sp³-hybridized carbons (Fsp3) is 1.00. The Morgan fingerprint density at radius 3 is 2.94 bits per heavy atom. The van der Waals surface area contributed by atoms with Gasteiger partial charge < -0.3 is 15.2 Å². The summed E-state index contributed by atoms with van der Waals surface area (Å²) in [6, 6.07) is 0.176. The molecule has 0 radical (unpaired) electrons. The molecule has 16 heavy (non-hydrogen) atoms. The van der Waals surface area contributed by atoms with Crippen LogP contribution < -0.4 is 5.73 Å². The Hall–Kier alpha value is -0.160. The van der Waals surface area contributed by atoms with Crippen LogP contribution in [0.3, 0.4) is 0 Å². The largest absolute Gasteiger partial charge is 0.379 e. The lowest BCUT2D eigenvalue weighted by molar-refractivity contribution is -0.0424. The first kappa shape index (κ1) is 12.3. The van der Waals surface area contributed by atoms with Crippen LogP contribution in [0.15, 0.2) is 0 Å². The van der Waals surface area contributed by atoms with E-state index in [4.69, 9.17) is 15.2 Å². The summed E-state index contributed by atoms with van der Waals surface area (Å²) < 4.78 is 11.2. The molecule has 2 aliphatic rings. The average molecular weight is 228 g/mol. The zero-order valence-corrected chi connectivity index (χ0v) is 10.4. The van der Waals surface area contributed by atoms with E-state index >= 15 is 0 Å². The first-order valence-corrected chi connectivity index (χ1v) is 6.31. The van der Waals surface area contributed by atoms with Crippen molar-refractivity contribution in [3.8, 4) is 0 Å². The van der Waals surface area contributed by atoms with Crippen LogP contribution in [0.2, 0.25) is 0 Å². The third-order valence-corrected chi connectivity index (χ3v) is 3.89. The van der Waals surface area contributed by atoms with Crippen LogP contribution in [0.1, 0.15) is 20.3 Å². The normalized spacial score (nSPS) is 41.4. The smallest absolute Gasteiger partial charge is 0.0700 e.